The lowest BCUT2D eigenvalue weighted by molar-refractivity contribution is -0.141. The molecule has 0 saturated carbocycles. The first kappa shape index (κ1) is 27.3. The van der Waals surface area contributed by atoms with E-state index in [0.29, 0.717) is 21.7 Å². The Morgan fingerprint density at radius 2 is 1.58 bits per heavy atom. The Morgan fingerprint density at radius 3 is 2.19 bits per heavy atom. The maximum absolute atomic E-state index is 13.6. The third-order valence-corrected chi connectivity index (χ3v) is 7.23. The predicted octanol–water partition coefficient (Wildman–Crippen LogP) is 3.76. The van der Waals surface area contributed by atoms with E-state index in [4.69, 9.17) is 11.6 Å². The van der Waals surface area contributed by atoms with Gasteiger partial charge in [-0.15, -0.1) is 0 Å². The van der Waals surface area contributed by atoms with Gasteiger partial charge < -0.3 is 10.2 Å². The van der Waals surface area contributed by atoms with Gasteiger partial charge in [-0.3, -0.25) is 9.59 Å². The van der Waals surface area contributed by atoms with Crippen molar-refractivity contribution in [3.8, 4) is 0 Å². The molecule has 2 amide bonds. The predicted molar refractivity (Wildman–Crippen MR) is 137 cm³/mol. The minimum atomic E-state index is -3.65. The number of nitrogens with zero attached hydrogens (tertiary/aromatic N) is 2. The van der Waals surface area contributed by atoms with Crippen LogP contribution in [0.4, 0.5) is 4.39 Å². The summed E-state index contributed by atoms with van der Waals surface area (Å²) in [5, 5.41) is 3.33. The van der Waals surface area contributed by atoms with Crippen LogP contribution in [0.15, 0.2) is 78.9 Å². The largest absolute Gasteiger partial charge is 0.350 e. The standard InChI is InChI=1S/C26H27ClFN3O4S/c1-30(36(2,34)35)18-24(32)31(17-19-12-14-22(28)15-13-19)25(20-8-4-3-5-9-20)26(33)29-16-21-10-6-7-11-23(21)27/h3-15,25H,16-18H2,1-2H3,(H,29,33). The number of halogens is 2. The number of carbonyl (C=O) groups is 2. The molecule has 3 aromatic rings. The molecule has 3 rings (SSSR count). The Bertz CT molecular complexity index is 1300. The number of hydrogen-bond donors (Lipinski definition) is 1. The molecule has 190 valence electrons. The second kappa shape index (κ2) is 12.1. The molecule has 0 aliphatic carbocycles. The van der Waals surface area contributed by atoms with E-state index in [-0.39, 0.29) is 13.1 Å². The fourth-order valence-corrected chi connectivity index (χ4v) is 4.08. The molecule has 0 heterocycles. The van der Waals surface area contributed by atoms with Gasteiger partial charge in [-0.05, 0) is 34.9 Å². The number of nitrogens with one attached hydrogen (secondary N) is 1. The molecule has 7 nitrogen and oxygen atoms in total. The van der Waals surface area contributed by atoms with Gasteiger partial charge in [0.1, 0.15) is 11.9 Å². The SMILES string of the molecule is CN(CC(=O)N(Cc1ccc(F)cc1)C(C(=O)NCc1ccccc1Cl)c1ccccc1)S(C)(=O)=O. The first-order chi connectivity index (χ1) is 17.1. The average Bonchev–Trinajstić information content (AvgIpc) is 2.84. The number of amides is 2. The van der Waals surface area contributed by atoms with E-state index in [0.717, 1.165) is 10.6 Å². The van der Waals surface area contributed by atoms with Crippen molar-refractivity contribution in [2.75, 3.05) is 19.8 Å². The van der Waals surface area contributed by atoms with Crippen molar-refractivity contribution < 1.29 is 22.4 Å². The lowest BCUT2D eigenvalue weighted by atomic mass is 10.0. The van der Waals surface area contributed by atoms with E-state index in [2.05, 4.69) is 5.32 Å². The summed E-state index contributed by atoms with van der Waals surface area (Å²) in [6.07, 6.45) is 0.996. The quantitative estimate of drug-likeness (QED) is 0.431. The van der Waals surface area contributed by atoms with E-state index < -0.39 is 40.2 Å². The van der Waals surface area contributed by atoms with Crippen LogP contribution in [0.25, 0.3) is 0 Å². The summed E-state index contributed by atoms with van der Waals surface area (Å²) in [5.74, 6) is -1.50. The number of carbonyl (C=O) groups excluding carboxylic acids is 2. The van der Waals surface area contributed by atoms with Gasteiger partial charge in [-0.25, -0.2) is 12.8 Å². The molecule has 0 spiro atoms. The van der Waals surface area contributed by atoms with Crippen molar-refractivity contribution in [3.63, 3.8) is 0 Å². The minimum Gasteiger partial charge on any atom is -0.350 e. The molecule has 1 N–H and O–H groups in total. The summed E-state index contributed by atoms with van der Waals surface area (Å²) in [4.78, 5) is 28.3. The summed E-state index contributed by atoms with van der Waals surface area (Å²) in [6, 6.07) is 20.2. The number of benzene rings is 3. The Labute approximate surface area is 215 Å². The van der Waals surface area contributed by atoms with Crippen molar-refractivity contribution in [1.29, 1.82) is 0 Å². The zero-order valence-corrected chi connectivity index (χ0v) is 21.5. The molecule has 0 saturated heterocycles. The highest BCUT2D eigenvalue weighted by Crippen LogP contribution is 2.25. The van der Waals surface area contributed by atoms with Crippen LogP contribution in [-0.2, 0) is 32.7 Å². The van der Waals surface area contributed by atoms with Gasteiger partial charge in [-0.2, -0.15) is 4.31 Å². The fourth-order valence-electron chi connectivity index (χ4n) is 3.54. The average molecular weight is 532 g/mol. The molecule has 0 fully saturated rings. The van der Waals surface area contributed by atoms with Crippen LogP contribution < -0.4 is 5.32 Å². The molecule has 0 aromatic heterocycles. The van der Waals surface area contributed by atoms with Gasteiger partial charge in [-0.1, -0.05) is 72.3 Å². The Balaban J connectivity index is 1.98. The van der Waals surface area contributed by atoms with Crippen LogP contribution in [0.5, 0.6) is 0 Å². The molecule has 10 heteroatoms. The number of hydrogen-bond acceptors (Lipinski definition) is 4. The smallest absolute Gasteiger partial charge is 0.247 e. The number of rotatable bonds is 10. The monoisotopic (exact) mass is 531 g/mol. The first-order valence-corrected chi connectivity index (χ1v) is 13.3. The van der Waals surface area contributed by atoms with Gasteiger partial charge in [0.15, 0.2) is 0 Å². The molecule has 0 bridgehead atoms. The third kappa shape index (κ3) is 7.36. The van der Waals surface area contributed by atoms with E-state index in [1.165, 1.54) is 36.2 Å². The van der Waals surface area contributed by atoms with Crippen molar-refractivity contribution >= 4 is 33.4 Å². The third-order valence-electron chi connectivity index (χ3n) is 5.60. The number of sulfonamides is 1. The van der Waals surface area contributed by atoms with Crippen molar-refractivity contribution in [2.45, 2.75) is 19.1 Å². The maximum atomic E-state index is 13.6. The normalized spacial score (nSPS) is 12.2. The Hall–Kier alpha value is -3.27. The van der Waals surface area contributed by atoms with E-state index in [9.17, 15) is 22.4 Å². The van der Waals surface area contributed by atoms with Crippen LogP contribution >= 0.6 is 11.6 Å². The number of likely N-dealkylation sites (N-methyl/N-ethyl adjacent to an activating group) is 1. The molecule has 1 atom stereocenters. The van der Waals surface area contributed by atoms with Crippen molar-refractivity contribution in [3.05, 3.63) is 106 Å². The van der Waals surface area contributed by atoms with E-state index in [1.54, 1.807) is 54.6 Å². The molecular formula is C26H27ClFN3O4S. The van der Waals surface area contributed by atoms with Crippen LogP contribution in [0.1, 0.15) is 22.7 Å². The van der Waals surface area contributed by atoms with Gasteiger partial charge in [0, 0.05) is 25.2 Å². The molecule has 36 heavy (non-hydrogen) atoms. The Kier molecular flexibility index (Phi) is 9.19. The summed E-state index contributed by atoms with van der Waals surface area (Å²) in [6.45, 7) is -0.388. The van der Waals surface area contributed by atoms with Crippen LogP contribution in [0.2, 0.25) is 5.02 Å². The molecule has 0 radical (unpaired) electrons. The van der Waals surface area contributed by atoms with Crippen molar-refractivity contribution in [1.82, 2.24) is 14.5 Å². The van der Waals surface area contributed by atoms with E-state index in [1.807, 2.05) is 0 Å². The van der Waals surface area contributed by atoms with Gasteiger partial charge in [0.05, 0.1) is 12.8 Å². The molecular weight excluding hydrogens is 505 g/mol. The maximum Gasteiger partial charge on any atom is 0.247 e. The Morgan fingerprint density at radius 1 is 0.972 bits per heavy atom. The fraction of sp³-hybridized carbons (Fsp3) is 0.231. The minimum absolute atomic E-state index is 0.0458. The molecule has 0 aliphatic rings. The second-order valence-corrected chi connectivity index (χ2v) is 10.8. The lowest BCUT2D eigenvalue weighted by Gasteiger charge is -2.32. The van der Waals surface area contributed by atoms with Crippen LogP contribution in [0.3, 0.4) is 0 Å². The highest BCUT2D eigenvalue weighted by Gasteiger charge is 2.33. The summed E-state index contributed by atoms with van der Waals surface area (Å²) >= 11 is 6.23. The van der Waals surface area contributed by atoms with E-state index >= 15 is 0 Å². The molecule has 0 aliphatic heterocycles. The summed E-state index contributed by atoms with van der Waals surface area (Å²) < 4.78 is 38.4. The highest BCUT2D eigenvalue weighted by molar-refractivity contribution is 7.88. The van der Waals surface area contributed by atoms with Crippen LogP contribution in [-0.4, -0.2) is 49.3 Å². The van der Waals surface area contributed by atoms with Gasteiger partial charge in [0.2, 0.25) is 21.8 Å². The molecule has 1 unspecified atom stereocenters. The van der Waals surface area contributed by atoms with Gasteiger partial charge in [0.25, 0.3) is 0 Å². The summed E-state index contributed by atoms with van der Waals surface area (Å²) in [5.41, 5.74) is 1.81. The van der Waals surface area contributed by atoms with Crippen molar-refractivity contribution in [2.24, 2.45) is 0 Å². The molecule has 3 aromatic carbocycles. The highest BCUT2D eigenvalue weighted by atomic mass is 35.5. The zero-order valence-electron chi connectivity index (χ0n) is 19.9. The topological polar surface area (TPSA) is 86.8 Å². The summed E-state index contributed by atoms with van der Waals surface area (Å²) in [7, 11) is -2.36. The lowest BCUT2D eigenvalue weighted by Crippen LogP contribution is -2.47. The second-order valence-electron chi connectivity index (χ2n) is 8.29. The zero-order chi connectivity index (χ0) is 26.3. The first-order valence-electron chi connectivity index (χ1n) is 11.1. The van der Waals surface area contributed by atoms with Crippen LogP contribution in [0, 0.1) is 5.82 Å². The van der Waals surface area contributed by atoms with Gasteiger partial charge >= 0.3 is 0 Å².